The molecular weight excluding hydrogens is 350 g/mol. The minimum Gasteiger partial charge on any atom is -0.489 e. The molecule has 0 heterocycles. The number of aryl methyl sites for hydroxylation is 1. The van der Waals surface area contributed by atoms with Crippen molar-refractivity contribution in [2.75, 3.05) is 18.1 Å². The molecule has 3 rings (SSSR count). The predicted molar refractivity (Wildman–Crippen MR) is 112 cm³/mol. The summed E-state index contributed by atoms with van der Waals surface area (Å²) in [6.45, 7) is 5.07. The molecule has 0 N–H and O–H groups in total. The fraction of sp³-hybridized carbons (Fsp3) is 0.208. The summed E-state index contributed by atoms with van der Waals surface area (Å²) < 4.78 is 11.4. The molecule has 0 aromatic heterocycles. The average molecular weight is 375 g/mol. The van der Waals surface area contributed by atoms with Crippen LogP contribution in [0.25, 0.3) is 0 Å². The Kier molecular flexibility index (Phi) is 6.68. The van der Waals surface area contributed by atoms with Gasteiger partial charge in [0, 0.05) is 12.2 Å². The van der Waals surface area contributed by atoms with Crippen molar-refractivity contribution < 1.29 is 14.3 Å². The topological polar surface area (TPSA) is 38.8 Å². The zero-order chi connectivity index (χ0) is 19.8. The van der Waals surface area contributed by atoms with E-state index in [0.717, 1.165) is 22.6 Å². The van der Waals surface area contributed by atoms with Crippen molar-refractivity contribution in [3.05, 3.63) is 90.0 Å². The number of ether oxygens (including phenoxy) is 2. The second-order valence-corrected chi connectivity index (χ2v) is 6.51. The van der Waals surface area contributed by atoms with Crippen molar-refractivity contribution >= 4 is 11.6 Å². The molecule has 0 saturated carbocycles. The van der Waals surface area contributed by atoms with E-state index in [1.165, 1.54) is 0 Å². The summed E-state index contributed by atoms with van der Waals surface area (Å²) in [5, 5.41) is 0. The fourth-order valence-electron chi connectivity index (χ4n) is 2.89. The molecule has 144 valence electrons. The number of benzene rings is 3. The van der Waals surface area contributed by atoms with Gasteiger partial charge in [0.25, 0.3) is 5.91 Å². The van der Waals surface area contributed by atoms with Crippen molar-refractivity contribution in [1.29, 1.82) is 0 Å². The van der Waals surface area contributed by atoms with Crippen LogP contribution in [0.4, 0.5) is 5.69 Å². The molecule has 4 heteroatoms. The maximum absolute atomic E-state index is 12.6. The zero-order valence-electron chi connectivity index (χ0n) is 16.3. The van der Waals surface area contributed by atoms with Crippen LogP contribution >= 0.6 is 0 Å². The highest BCUT2D eigenvalue weighted by atomic mass is 16.5. The summed E-state index contributed by atoms with van der Waals surface area (Å²) in [5.41, 5.74) is 3.13. The first-order valence-electron chi connectivity index (χ1n) is 9.42. The number of rotatable bonds is 8. The molecule has 0 aliphatic carbocycles. The van der Waals surface area contributed by atoms with E-state index in [0.29, 0.717) is 18.9 Å². The third kappa shape index (κ3) is 5.36. The Bertz CT molecular complexity index is 891. The number of anilines is 1. The molecule has 0 unspecified atom stereocenters. The number of nitrogens with zero attached hydrogens (tertiary/aromatic N) is 1. The van der Waals surface area contributed by atoms with E-state index >= 15 is 0 Å². The summed E-state index contributed by atoms with van der Waals surface area (Å²) in [4.78, 5) is 14.3. The normalized spacial score (nSPS) is 10.4. The van der Waals surface area contributed by atoms with Crippen molar-refractivity contribution in [3.8, 4) is 11.5 Å². The van der Waals surface area contributed by atoms with Gasteiger partial charge in [-0.15, -0.1) is 0 Å². The number of hydrogen-bond acceptors (Lipinski definition) is 3. The second-order valence-electron chi connectivity index (χ2n) is 6.51. The molecule has 28 heavy (non-hydrogen) atoms. The fourth-order valence-corrected chi connectivity index (χ4v) is 2.89. The van der Waals surface area contributed by atoms with Gasteiger partial charge in [-0.1, -0.05) is 42.5 Å². The third-order valence-electron chi connectivity index (χ3n) is 4.36. The molecule has 0 radical (unpaired) electrons. The van der Waals surface area contributed by atoms with Crippen LogP contribution in [0.5, 0.6) is 11.5 Å². The monoisotopic (exact) mass is 375 g/mol. The highest BCUT2D eigenvalue weighted by Crippen LogP contribution is 2.20. The predicted octanol–water partition coefficient (Wildman–Crippen LogP) is 5.01. The van der Waals surface area contributed by atoms with Crippen LogP contribution in [0, 0.1) is 6.92 Å². The molecule has 0 bridgehead atoms. The first-order valence-corrected chi connectivity index (χ1v) is 9.42. The maximum Gasteiger partial charge on any atom is 0.264 e. The van der Waals surface area contributed by atoms with Crippen LogP contribution in [0.2, 0.25) is 0 Å². The molecule has 3 aromatic rings. The van der Waals surface area contributed by atoms with Crippen molar-refractivity contribution in [3.63, 3.8) is 0 Å². The van der Waals surface area contributed by atoms with Gasteiger partial charge in [-0.2, -0.15) is 0 Å². The Morgan fingerprint density at radius 1 is 0.857 bits per heavy atom. The number of carbonyl (C=O) groups excluding carboxylic acids is 1. The Hall–Kier alpha value is -3.27. The SMILES string of the molecule is CCN(C(=O)COc1ccc(OCc2ccccc2)cc1)c1cccc(C)c1. The van der Waals surface area contributed by atoms with Crippen LogP contribution in [0.15, 0.2) is 78.9 Å². The lowest BCUT2D eigenvalue weighted by molar-refractivity contribution is -0.120. The standard InChI is InChI=1S/C24H25NO3/c1-3-25(21-11-7-8-19(2)16-21)24(26)18-28-23-14-12-22(13-15-23)27-17-20-9-5-4-6-10-20/h4-16H,3,17-18H2,1-2H3. The molecule has 0 aliphatic rings. The van der Waals surface area contributed by atoms with Gasteiger partial charge in [-0.05, 0) is 61.4 Å². The molecule has 3 aromatic carbocycles. The summed E-state index contributed by atoms with van der Waals surface area (Å²) in [5.74, 6) is 1.33. The van der Waals surface area contributed by atoms with E-state index in [9.17, 15) is 4.79 Å². The maximum atomic E-state index is 12.6. The summed E-state index contributed by atoms with van der Waals surface area (Å²) in [6.07, 6.45) is 0. The average Bonchev–Trinajstić information content (AvgIpc) is 2.73. The van der Waals surface area contributed by atoms with Gasteiger partial charge in [0.05, 0.1) is 0 Å². The van der Waals surface area contributed by atoms with Crippen LogP contribution in [-0.2, 0) is 11.4 Å². The first-order chi connectivity index (χ1) is 13.7. The lowest BCUT2D eigenvalue weighted by Crippen LogP contribution is -2.34. The lowest BCUT2D eigenvalue weighted by Gasteiger charge is -2.21. The molecule has 1 amide bonds. The smallest absolute Gasteiger partial charge is 0.264 e. The van der Waals surface area contributed by atoms with Gasteiger partial charge < -0.3 is 14.4 Å². The van der Waals surface area contributed by atoms with E-state index in [1.807, 2.05) is 92.7 Å². The Balaban J connectivity index is 1.53. The van der Waals surface area contributed by atoms with Crippen LogP contribution in [0.1, 0.15) is 18.1 Å². The van der Waals surface area contributed by atoms with Crippen LogP contribution in [0.3, 0.4) is 0 Å². The molecular formula is C24H25NO3. The largest absolute Gasteiger partial charge is 0.489 e. The number of hydrogen-bond donors (Lipinski definition) is 0. The Morgan fingerprint density at radius 2 is 1.54 bits per heavy atom. The molecule has 0 saturated heterocycles. The Morgan fingerprint density at radius 3 is 2.18 bits per heavy atom. The van der Waals surface area contributed by atoms with Gasteiger partial charge in [0.15, 0.2) is 6.61 Å². The van der Waals surface area contributed by atoms with E-state index in [-0.39, 0.29) is 12.5 Å². The van der Waals surface area contributed by atoms with Crippen molar-refractivity contribution in [2.45, 2.75) is 20.5 Å². The van der Waals surface area contributed by atoms with Crippen LogP contribution in [-0.4, -0.2) is 19.1 Å². The highest BCUT2D eigenvalue weighted by Gasteiger charge is 2.14. The number of amides is 1. The summed E-state index contributed by atoms with van der Waals surface area (Å²) >= 11 is 0. The first kappa shape index (κ1) is 19.5. The van der Waals surface area contributed by atoms with Crippen molar-refractivity contribution in [1.82, 2.24) is 0 Å². The summed E-state index contributed by atoms with van der Waals surface area (Å²) in [7, 11) is 0. The quantitative estimate of drug-likeness (QED) is 0.556. The van der Waals surface area contributed by atoms with E-state index in [2.05, 4.69) is 0 Å². The van der Waals surface area contributed by atoms with Gasteiger partial charge in [0.2, 0.25) is 0 Å². The van der Waals surface area contributed by atoms with Gasteiger partial charge >= 0.3 is 0 Å². The van der Waals surface area contributed by atoms with Gasteiger partial charge in [-0.25, -0.2) is 0 Å². The molecule has 0 atom stereocenters. The van der Waals surface area contributed by atoms with E-state index < -0.39 is 0 Å². The number of likely N-dealkylation sites (N-methyl/N-ethyl adjacent to an activating group) is 1. The third-order valence-corrected chi connectivity index (χ3v) is 4.36. The zero-order valence-corrected chi connectivity index (χ0v) is 16.3. The second kappa shape index (κ2) is 9.60. The summed E-state index contributed by atoms with van der Waals surface area (Å²) in [6, 6.07) is 25.2. The van der Waals surface area contributed by atoms with Crippen molar-refractivity contribution in [2.24, 2.45) is 0 Å². The minimum absolute atomic E-state index is 0.00794. The molecule has 0 aliphatic heterocycles. The van der Waals surface area contributed by atoms with Crippen LogP contribution < -0.4 is 14.4 Å². The Labute approximate surface area is 166 Å². The lowest BCUT2D eigenvalue weighted by atomic mass is 10.2. The van der Waals surface area contributed by atoms with Gasteiger partial charge in [0.1, 0.15) is 18.1 Å². The van der Waals surface area contributed by atoms with Gasteiger partial charge in [-0.3, -0.25) is 4.79 Å². The molecule has 0 spiro atoms. The van der Waals surface area contributed by atoms with E-state index in [1.54, 1.807) is 4.90 Å². The molecule has 0 fully saturated rings. The van der Waals surface area contributed by atoms with E-state index in [4.69, 9.17) is 9.47 Å². The molecule has 4 nitrogen and oxygen atoms in total. The minimum atomic E-state index is -0.0718. The highest BCUT2D eigenvalue weighted by molar-refractivity contribution is 5.94. The number of carbonyl (C=O) groups is 1.